The Labute approximate surface area is 132 Å². The minimum Gasteiger partial charge on any atom is -0.369 e. The van der Waals surface area contributed by atoms with E-state index in [1.807, 2.05) is 12.1 Å². The third kappa shape index (κ3) is 2.82. The third-order valence-corrected chi connectivity index (χ3v) is 4.02. The molecule has 1 aliphatic rings. The van der Waals surface area contributed by atoms with E-state index in [1.54, 1.807) is 27.9 Å². The number of halogens is 1. The van der Waals surface area contributed by atoms with Crippen LogP contribution in [0.25, 0.3) is 5.69 Å². The number of carbonyl (C=O) groups is 2. The Bertz CT molecular complexity index is 728. The average molecular weight is 319 g/mol. The Morgan fingerprint density at radius 1 is 1.36 bits per heavy atom. The molecule has 1 aromatic carbocycles. The van der Waals surface area contributed by atoms with E-state index in [0.717, 1.165) is 5.69 Å². The summed E-state index contributed by atoms with van der Waals surface area (Å²) in [6, 6.07) is 7.21. The highest BCUT2D eigenvalue weighted by atomic mass is 35.5. The van der Waals surface area contributed by atoms with Gasteiger partial charge in [-0.2, -0.15) is 5.10 Å². The van der Waals surface area contributed by atoms with E-state index >= 15 is 0 Å². The lowest BCUT2D eigenvalue weighted by Gasteiger charge is -2.14. The average Bonchev–Trinajstić information content (AvgIpc) is 3.16. The van der Waals surface area contributed by atoms with E-state index in [1.165, 1.54) is 6.20 Å². The van der Waals surface area contributed by atoms with Crippen LogP contribution < -0.4 is 5.73 Å². The lowest BCUT2D eigenvalue weighted by molar-refractivity contribution is -0.121. The van der Waals surface area contributed by atoms with Crippen molar-refractivity contribution in [1.29, 1.82) is 0 Å². The van der Waals surface area contributed by atoms with Gasteiger partial charge in [0.15, 0.2) is 0 Å². The van der Waals surface area contributed by atoms with Crippen LogP contribution in [0.2, 0.25) is 5.02 Å². The molecule has 6 nitrogen and oxygen atoms in total. The van der Waals surface area contributed by atoms with Crippen molar-refractivity contribution in [3.8, 4) is 5.69 Å². The zero-order valence-electron chi connectivity index (χ0n) is 11.8. The lowest BCUT2D eigenvalue weighted by Crippen LogP contribution is -2.31. The molecular weight excluding hydrogens is 304 g/mol. The maximum atomic E-state index is 12.4. The molecule has 0 radical (unpaired) electrons. The number of aromatic nitrogens is 2. The van der Waals surface area contributed by atoms with E-state index < -0.39 is 0 Å². The molecule has 1 unspecified atom stereocenters. The second-order valence-corrected chi connectivity index (χ2v) is 5.73. The second-order valence-electron chi connectivity index (χ2n) is 5.29. The largest absolute Gasteiger partial charge is 0.369 e. The minimum atomic E-state index is -0.357. The van der Waals surface area contributed by atoms with Gasteiger partial charge in [0.2, 0.25) is 5.91 Å². The number of nitrogens with two attached hydrogens (primary N) is 1. The lowest BCUT2D eigenvalue weighted by atomic mass is 10.1. The molecule has 1 saturated heterocycles. The monoisotopic (exact) mass is 318 g/mol. The molecule has 22 heavy (non-hydrogen) atoms. The molecule has 2 N–H and O–H groups in total. The molecular formula is C15H15ClN4O2. The summed E-state index contributed by atoms with van der Waals surface area (Å²) in [5.41, 5.74) is 6.54. The highest BCUT2D eigenvalue weighted by molar-refractivity contribution is 6.30. The first kappa shape index (κ1) is 14.6. The summed E-state index contributed by atoms with van der Waals surface area (Å²) in [5, 5.41) is 4.79. The number of likely N-dealkylation sites (tertiary alicyclic amines) is 1. The van der Waals surface area contributed by atoms with Crippen LogP contribution in [0.3, 0.4) is 0 Å². The fourth-order valence-electron chi connectivity index (χ4n) is 2.55. The van der Waals surface area contributed by atoms with Gasteiger partial charge in [-0.15, -0.1) is 0 Å². The molecule has 1 fully saturated rings. The van der Waals surface area contributed by atoms with Crippen LogP contribution in [0.1, 0.15) is 16.8 Å². The van der Waals surface area contributed by atoms with Gasteiger partial charge < -0.3 is 10.6 Å². The van der Waals surface area contributed by atoms with Gasteiger partial charge in [0.25, 0.3) is 5.91 Å². The predicted octanol–water partition coefficient (Wildman–Crippen LogP) is 1.47. The predicted molar refractivity (Wildman–Crippen MR) is 81.8 cm³/mol. The van der Waals surface area contributed by atoms with Crippen LogP contribution in [-0.4, -0.2) is 39.6 Å². The molecule has 2 aromatic rings. The molecule has 7 heteroatoms. The van der Waals surface area contributed by atoms with E-state index in [0.29, 0.717) is 30.1 Å². The van der Waals surface area contributed by atoms with Crippen molar-refractivity contribution in [3.05, 3.63) is 47.2 Å². The Balaban J connectivity index is 1.77. The summed E-state index contributed by atoms with van der Waals surface area (Å²) in [6.45, 7) is 0.908. The van der Waals surface area contributed by atoms with Crippen molar-refractivity contribution in [1.82, 2.24) is 14.7 Å². The fourth-order valence-corrected chi connectivity index (χ4v) is 2.74. The smallest absolute Gasteiger partial charge is 0.257 e. The summed E-state index contributed by atoms with van der Waals surface area (Å²) in [4.78, 5) is 25.2. The summed E-state index contributed by atoms with van der Waals surface area (Å²) >= 11 is 5.95. The highest BCUT2D eigenvalue weighted by Gasteiger charge is 2.30. The van der Waals surface area contributed by atoms with Gasteiger partial charge in [-0.3, -0.25) is 9.59 Å². The standard InChI is InChI=1S/C15H15ClN4O2/c16-12-2-1-3-13(6-12)20-9-11(7-18-20)15(22)19-5-4-10(8-19)14(17)21/h1-3,6-7,9-10H,4-5,8H2,(H2,17,21). The SMILES string of the molecule is NC(=O)C1CCN(C(=O)c2cnn(-c3cccc(Cl)c3)c2)C1. The second kappa shape index (κ2) is 5.81. The van der Waals surface area contributed by atoms with Gasteiger partial charge in [0.05, 0.1) is 23.4 Å². The van der Waals surface area contributed by atoms with Gasteiger partial charge in [0, 0.05) is 24.3 Å². The van der Waals surface area contributed by atoms with Gasteiger partial charge in [-0.05, 0) is 24.6 Å². The molecule has 0 bridgehead atoms. The quantitative estimate of drug-likeness (QED) is 0.930. The third-order valence-electron chi connectivity index (χ3n) is 3.78. The number of rotatable bonds is 3. The summed E-state index contributed by atoms with van der Waals surface area (Å²) in [6.07, 6.45) is 3.79. The van der Waals surface area contributed by atoms with Crippen LogP contribution in [0.5, 0.6) is 0 Å². The number of carbonyl (C=O) groups excluding carboxylic acids is 2. The summed E-state index contributed by atoms with van der Waals surface area (Å²) < 4.78 is 1.60. The maximum Gasteiger partial charge on any atom is 0.257 e. The first-order valence-electron chi connectivity index (χ1n) is 6.94. The molecule has 1 aliphatic heterocycles. The van der Waals surface area contributed by atoms with E-state index in [9.17, 15) is 9.59 Å². The summed E-state index contributed by atoms with van der Waals surface area (Å²) in [5.74, 6) is -0.756. The Morgan fingerprint density at radius 2 is 2.18 bits per heavy atom. The molecule has 2 heterocycles. The normalized spacial score (nSPS) is 17.7. The number of amides is 2. The zero-order chi connectivity index (χ0) is 15.7. The van der Waals surface area contributed by atoms with Gasteiger partial charge in [0.1, 0.15) is 0 Å². The van der Waals surface area contributed by atoms with Crippen LogP contribution >= 0.6 is 11.6 Å². The van der Waals surface area contributed by atoms with Crippen LogP contribution in [-0.2, 0) is 4.79 Å². The maximum absolute atomic E-state index is 12.4. The molecule has 3 rings (SSSR count). The van der Waals surface area contributed by atoms with Gasteiger partial charge >= 0.3 is 0 Å². The minimum absolute atomic E-state index is 0.142. The van der Waals surface area contributed by atoms with Crippen LogP contribution in [0.4, 0.5) is 0 Å². The Hall–Kier alpha value is -2.34. The molecule has 1 atom stereocenters. The summed E-state index contributed by atoms with van der Waals surface area (Å²) in [7, 11) is 0. The Kier molecular flexibility index (Phi) is 3.85. The van der Waals surface area contributed by atoms with E-state index in [4.69, 9.17) is 17.3 Å². The van der Waals surface area contributed by atoms with Crippen LogP contribution in [0, 0.1) is 5.92 Å². The first-order valence-corrected chi connectivity index (χ1v) is 7.31. The van der Waals surface area contributed by atoms with Crippen LogP contribution in [0.15, 0.2) is 36.7 Å². The zero-order valence-corrected chi connectivity index (χ0v) is 12.5. The van der Waals surface area contributed by atoms with Gasteiger partial charge in [-0.25, -0.2) is 4.68 Å². The molecule has 2 amide bonds. The molecule has 1 aromatic heterocycles. The van der Waals surface area contributed by atoms with Crippen molar-refractivity contribution >= 4 is 23.4 Å². The van der Waals surface area contributed by atoms with Crippen molar-refractivity contribution in [2.75, 3.05) is 13.1 Å². The van der Waals surface area contributed by atoms with E-state index in [-0.39, 0.29) is 17.7 Å². The fraction of sp³-hybridized carbons (Fsp3) is 0.267. The molecule has 0 spiro atoms. The van der Waals surface area contributed by atoms with Crippen molar-refractivity contribution < 1.29 is 9.59 Å². The Morgan fingerprint density at radius 3 is 2.86 bits per heavy atom. The van der Waals surface area contributed by atoms with Gasteiger partial charge in [-0.1, -0.05) is 17.7 Å². The van der Waals surface area contributed by atoms with Crippen molar-refractivity contribution in [2.24, 2.45) is 11.7 Å². The highest BCUT2D eigenvalue weighted by Crippen LogP contribution is 2.19. The van der Waals surface area contributed by atoms with Crippen molar-refractivity contribution in [3.63, 3.8) is 0 Å². The number of benzene rings is 1. The number of hydrogen-bond acceptors (Lipinski definition) is 3. The molecule has 0 saturated carbocycles. The molecule has 0 aliphatic carbocycles. The van der Waals surface area contributed by atoms with Crippen molar-refractivity contribution in [2.45, 2.75) is 6.42 Å². The number of nitrogens with zero attached hydrogens (tertiary/aromatic N) is 3. The topological polar surface area (TPSA) is 81.2 Å². The number of hydrogen-bond donors (Lipinski definition) is 1. The molecule has 114 valence electrons. The van der Waals surface area contributed by atoms with E-state index in [2.05, 4.69) is 5.10 Å². The number of primary amides is 1. The first-order chi connectivity index (χ1) is 10.5.